The van der Waals surface area contributed by atoms with Crippen LogP contribution in [-0.4, -0.2) is 12.1 Å². The fourth-order valence-electron chi connectivity index (χ4n) is 2.09. The number of hydrogen-bond acceptors (Lipinski definition) is 1. The molecule has 2 aliphatic heterocycles. The largest absolute Gasteiger partial charge is 0.311 e. The molecule has 0 unspecified atom stereocenters. The van der Waals surface area contributed by atoms with Crippen LogP contribution in [0.25, 0.3) is 0 Å². The lowest BCUT2D eigenvalue weighted by Gasteiger charge is -2.45. The van der Waals surface area contributed by atoms with E-state index in [2.05, 4.69) is 12.2 Å². The van der Waals surface area contributed by atoms with Gasteiger partial charge in [0.25, 0.3) is 0 Å². The van der Waals surface area contributed by atoms with E-state index in [4.69, 9.17) is 0 Å². The van der Waals surface area contributed by atoms with Crippen LogP contribution in [0.2, 0.25) is 0 Å². The molecule has 0 radical (unpaired) electrons. The van der Waals surface area contributed by atoms with E-state index >= 15 is 0 Å². The van der Waals surface area contributed by atoms with Gasteiger partial charge in [0.15, 0.2) is 0 Å². The number of nitrogens with one attached hydrogen (secondary N) is 1. The SMILES string of the molecule is CC12CCC(CC1)CN2. The van der Waals surface area contributed by atoms with Crippen molar-refractivity contribution in [3.8, 4) is 0 Å². The molecule has 0 amide bonds. The topological polar surface area (TPSA) is 12.0 Å². The van der Waals surface area contributed by atoms with Crippen molar-refractivity contribution >= 4 is 0 Å². The lowest BCUT2D eigenvalue weighted by atomic mass is 9.73. The standard InChI is InChI=1S/C8H15N/c1-8-4-2-7(3-5-8)6-9-8/h7,9H,2-6H2,1H3. The maximum atomic E-state index is 3.59. The van der Waals surface area contributed by atoms with Crippen molar-refractivity contribution in [2.75, 3.05) is 6.54 Å². The Morgan fingerprint density at radius 2 is 2.00 bits per heavy atom. The summed E-state index contributed by atoms with van der Waals surface area (Å²) in [5.41, 5.74) is 0.536. The van der Waals surface area contributed by atoms with Crippen molar-refractivity contribution in [1.82, 2.24) is 5.32 Å². The van der Waals surface area contributed by atoms with Gasteiger partial charge >= 0.3 is 0 Å². The third-order valence-corrected chi connectivity index (χ3v) is 3.03. The smallest absolute Gasteiger partial charge is 0.0153 e. The van der Waals surface area contributed by atoms with Gasteiger partial charge in [-0.15, -0.1) is 0 Å². The average Bonchev–Trinajstić information content (AvgIpc) is 1.90. The van der Waals surface area contributed by atoms with Crippen LogP contribution in [0, 0.1) is 5.92 Å². The molecule has 52 valence electrons. The molecule has 2 saturated heterocycles. The highest BCUT2D eigenvalue weighted by Gasteiger charge is 2.35. The minimum absolute atomic E-state index is 0.536. The first-order valence-corrected chi connectivity index (χ1v) is 4.04. The first-order chi connectivity index (χ1) is 4.29. The summed E-state index contributed by atoms with van der Waals surface area (Å²) in [6.07, 6.45) is 5.78. The molecule has 1 N–H and O–H groups in total. The molecular weight excluding hydrogens is 110 g/mol. The number of piperidine rings is 2. The van der Waals surface area contributed by atoms with E-state index in [1.54, 1.807) is 0 Å². The molecule has 3 rings (SSSR count). The van der Waals surface area contributed by atoms with Crippen LogP contribution >= 0.6 is 0 Å². The molecule has 1 nitrogen and oxygen atoms in total. The second kappa shape index (κ2) is 1.72. The monoisotopic (exact) mass is 125 g/mol. The molecule has 1 heteroatoms. The molecule has 0 aromatic rings. The van der Waals surface area contributed by atoms with Crippen molar-refractivity contribution in [2.45, 2.75) is 38.1 Å². The molecular formula is C8H15N. The first-order valence-electron chi connectivity index (χ1n) is 4.04. The molecule has 1 aliphatic carbocycles. The summed E-state index contributed by atoms with van der Waals surface area (Å²) in [4.78, 5) is 0. The molecule has 9 heavy (non-hydrogen) atoms. The van der Waals surface area contributed by atoms with Crippen LogP contribution in [0.3, 0.4) is 0 Å². The Hall–Kier alpha value is -0.0400. The number of hydrogen-bond donors (Lipinski definition) is 1. The number of fused-ring (bicyclic) bond motifs is 3. The molecule has 1 saturated carbocycles. The van der Waals surface area contributed by atoms with Crippen LogP contribution in [-0.2, 0) is 0 Å². The summed E-state index contributed by atoms with van der Waals surface area (Å²) in [7, 11) is 0. The molecule has 2 bridgehead atoms. The van der Waals surface area contributed by atoms with E-state index in [0.29, 0.717) is 5.54 Å². The summed E-state index contributed by atoms with van der Waals surface area (Å²) in [6.45, 7) is 3.65. The van der Waals surface area contributed by atoms with Gasteiger partial charge in [-0.25, -0.2) is 0 Å². The van der Waals surface area contributed by atoms with Gasteiger partial charge in [-0.2, -0.15) is 0 Å². The zero-order valence-corrected chi connectivity index (χ0v) is 6.11. The molecule has 2 heterocycles. The average molecular weight is 125 g/mol. The van der Waals surface area contributed by atoms with Gasteiger partial charge in [0, 0.05) is 5.54 Å². The summed E-state index contributed by atoms with van der Waals surface area (Å²) in [6, 6.07) is 0. The Morgan fingerprint density at radius 1 is 1.33 bits per heavy atom. The third-order valence-electron chi connectivity index (χ3n) is 3.03. The molecule has 0 aromatic carbocycles. The maximum absolute atomic E-state index is 3.59. The van der Waals surface area contributed by atoms with Gasteiger partial charge in [-0.3, -0.25) is 0 Å². The van der Waals surface area contributed by atoms with Gasteiger partial charge in [-0.1, -0.05) is 0 Å². The van der Waals surface area contributed by atoms with Crippen molar-refractivity contribution < 1.29 is 0 Å². The Bertz CT molecular complexity index is 98.0. The van der Waals surface area contributed by atoms with Crippen molar-refractivity contribution in [1.29, 1.82) is 0 Å². The van der Waals surface area contributed by atoms with Crippen LogP contribution in [0.4, 0.5) is 0 Å². The zero-order valence-electron chi connectivity index (χ0n) is 6.11. The lowest BCUT2D eigenvalue weighted by molar-refractivity contribution is 0.134. The highest BCUT2D eigenvalue weighted by Crippen LogP contribution is 2.35. The maximum Gasteiger partial charge on any atom is 0.0153 e. The molecule has 0 atom stereocenters. The van der Waals surface area contributed by atoms with Crippen LogP contribution in [0.15, 0.2) is 0 Å². The van der Waals surface area contributed by atoms with Crippen LogP contribution in [0.5, 0.6) is 0 Å². The van der Waals surface area contributed by atoms with E-state index in [0.717, 1.165) is 5.92 Å². The highest BCUT2D eigenvalue weighted by atomic mass is 15.0. The quantitative estimate of drug-likeness (QED) is 0.518. The molecule has 0 aromatic heterocycles. The number of rotatable bonds is 0. The van der Waals surface area contributed by atoms with Gasteiger partial charge < -0.3 is 5.32 Å². The predicted molar refractivity (Wildman–Crippen MR) is 38.4 cm³/mol. The molecule has 0 spiro atoms. The van der Waals surface area contributed by atoms with Crippen molar-refractivity contribution in [3.05, 3.63) is 0 Å². The first kappa shape index (κ1) is 5.72. The normalized spacial score (nSPS) is 49.7. The van der Waals surface area contributed by atoms with Crippen LogP contribution in [0.1, 0.15) is 32.6 Å². The van der Waals surface area contributed by atoms with E-state index in [-0.39, 0.29) is 0 Å². The minimum Gasteiger partial charge on any atom is -0.311 e. The molecule has 3 aliphatic rings. The summed E-state index contributed by atoms with van der Waals surface area (Å²) in [5.74, 6) is 1.02. The fourth-order valence-corrected chi connectivity index (χ4v) is 2.09. The van der Waals surface area contributed by atoms with E-state index in [1.165, 1.54) is 32.2 Å². The van der Waals surface area contributed by atoms with Gasteiger partial charge in [-0.05, 0) is 45.1 Å². The Labute approximate surface area is 56.8 Å². The Morgan fingerprint density at radius 3 is 2.22 bits per heavy atom. The highest BCUT2D eigenvalue weighted by molar-refractivity contribution is 4.94. The Kier molecular flexibility index (Phi) is 1.10. The van der Waals surface area contributed by atoms with E-state index < -0.39 is 0 Å². The second-order valence-corrected chi connectivity index (χ2v) is 3.88. The van der Waals surface area contributed by atoms with Crippen molar-refractivity contribution in [3.63, 3.8) is 0 Å². The second-order valence-electron chi connectivity index (χ2n) is 3.88. The van der Waals surface area contributed by atoms with E-state index in [1.807, 2.05) is 0 Å². The van der Waals surface area contributed by atoms with Gasteiger partial charge in [0.2, 0.25) is 0 Å². The lowest BCUT2D eigenvalue weighted by Crippen LogP contribution is -2.53. The van der Waals surface area contributed by atoms with Gasteiger partial charge in [0.05, 0.1) is 0 Å². The summed E-state index contributed by atoms with van der Waals surface area (Å²) in [5, 5.41) is 3.59. The zero-order chi connectivity index (χ0) is 6.32. The minimum atomic E-state index is 0.536. The van der Waals surface area contributed by atoms with Gasteiger partial charge in [0.1, 0.15) is 0 Å². The summed E-state index contributed by atoms with van der Waals surface area (Å²) >= 11 is 0. The predicted octanol–water partition coefficient (Wildman–Crippen LogP) is 1.54. The van der Waals surface area contributed by atoms with E-state index in [9.17, 15) is 0 Å². The summed E-state index contributed by atoms with van der Waals surface area (Å²) < 4.78 is 0. The Balaban J connectivity index is 2.11. The third kappa shape index (κ3) is 0.877. The fraction of sp³-hybridized carbons (Fsp3) is 1.00. The van der Waals surface area contributed by atoms with Crippen LogP contribution < -0.4 is 5.32 Å². The molecule has 3 fully saturated rings. The van der Waals surface area contributed by atoms with Crippen molar-refractivity contribution in [2.24, 2.45) is 5.92 Å².